The number of unbranched alkanes of at least 4 members (excludes halogenated alkanes) is 1. The Morgan fingerprint density at radius 3 is 2.07 bits per heavy atom. The highest BCUT2D eigenvalue weighted by Gasteiger charge is 2.31. The van der Waals surface area contributed by atoms with E-state index in [1.54, 1.807) is 59.7 Å². The lowest BCUT2D eigenvalue weighted by molar-refractivity contribution is -0.153. The van der Waals surface area contributed by atoms with Gasteiger partial charge in [-0.25, -0.2) is 18.2 Å². The largest absolute Gasteiger partial charge is 0.459 e. The molecule has 2 heterocycles. The van der Waals surface area contributed by atoms with Crippen LogP contribution in [0.1, 0.15) is 98.4 Å². The molecule has 252 valence electrons. The van der Waals surface area contributed by atoms with Gasteiger partial charge in [0.2, 0.25) is 5.09 Å². The molecule has 10 nitrogen and oxygen atoms in total. The average Bonchev–Trinajstić information content (AvgIpc) is 3.49. The molecule has 0 radical (unpaired) electrons. The number of nitrogens with zero attached hydrogens (tertiary/aromatic N) is 3. The highest BCUT2D eigenvalue weighted by molar-refractivity contribution is 7.88. The molecule has 1 aromatic carbocycles. The highest BCUT2D eigenvalue weighted by atomic mass is 32.2. The fraction of sp³-hybridized carbons (Fsp3) is 0.514. The minimum Gasteiger partial charge on any atom is -0.459 e. The van der Waals surface area contributed by atoms with Crippen molar-refractivity contribution in [1.29, 1.82) is 0 Å². The molecule has 2 aromatic heterocycles. The standard InChI is InChI=1S/C35H49N3O7S/c1-10-11-21-35(8,9)27-19-17-26(18-20-27)23-37(46(41,42)31-16-13-22-43-31)24-28-14-12-15-29(36-28)38(32(40)45-34(5,6)7)25-30(39)44-33(2,3)4/h12-20,22H,10-11,21,23-25H2,1-9H3. The summed E-state index contributed by atoms with van der Waals surface area (Å²) in [7, 11) is -4.07. The molecule has 0 N–H and O–H groups in total. The molecule has 0 spiro atoms. The molecule has 0 bridgehead atoms. The normalized spacial score (nSPS) is 12.7. The van der Waals surface area contributed by atoms with Crippen LogP contribution < -0.4 is 4.90 Å². The van der Waals surface area contributed by atoms with E-state index in [0.29, 0.717) is 5.69 Å². The average molecular weight is 656 g/mol. The SMILES string of the molecule is CCCCC(C)(C)c1ccc(CN(Cc2cccc(N(CC(=O)OC(C)(C)C)C(=O)OC(C)(C)C)n2)S(=O)(=O)c2ccco2)cc1. The van der Waals surface area contributed by atoms with Gasteiger partial charge in [-0.2, -0.15) is 4.31 Å². The van der Waals surface area contributed by atoms with Gasteiger partial charge in [-0.1, -0.05) is 63.9 Å². The Hall–Kier alpha value is -3.70. The van der Waals surface area contributed by atoms with Gasteiger partial charge in [-0.05, 0) is 88.8 Å². The van der Waals surface area contributed by atoms with E-state index in [0.717, 1.165) is 29.7 Å². The van der Waals surface area contributed by atoms with E-state index in [1.165, 1.54) is 28.3 Å². The molecule has 11 heteroatoms. The Morgan fingerprint density at radius 1 is 0.848 bits per heavy atom. The highest BCUT2D eigenvalue weighted by Crippen LogP contribution is 2.30. The lowest BCUT2D eigenvalue weighted by Crippen LogP contribution is -2.42. The summed E-state index contributed by atoms with van der Waals surface area (Å²) in [5.41, 5.74) is 0.722. The Bertz CT molecular complexity index is 1550. The van der Waals surface area contributed by atoms with Gasteiger partial charge in [0.25, 0.3) is 10.0 Å². The van der Waals surface area contributed by atoms with E-state index >= 15 is 0 Å². The Morgan fingerprint density at radius 2 is 1.50 bits per heavy atom. The van der Waals surface area contributed by atoms with Crippen LogP contribution in [0.5, 0.6) is 0 Å². The number of hydrogen-bond donors (Lipinski definition) is 0. The second-order valence-electron chi connectivity index (χ2n) is 14.0. The fourth-order valence-electron chi connectivity index (χ4n) is 4.74. The van der Waals surface area contributed by atoms with Crippen molar-refractivity contribution in [3.8, 4) is 0 Å². The van der Waals surface area contributed by atoms with Crippen molar-refractivity contribution < 1.29 is 31.9 Å². The molecule has 0 saturated heterocycles. The summed E-state index contributed by atoms with van der Waals surface area (Å²) in [5, 5.41) is -0.193. The van der Waals surface area contributed by atoms with Crippen molar-refractivity contribution in [2.75, 3.05) is 11.4 Å². The molecule has 3 aromatic rings. The lowest BCUT2D eigenvalue weighted by atomic mass is 9.80. The van der Waals surface area contributed by atoms with Crippen molar-refractivity contribution in [1.82, 2.24) is 9.29 Å². The molecule has 46 heavy (non-hydrogen) atoms. The minimum absolute atomic E-state index is 0.00184. The first-order valence-corrected chi connectivity index (χ1v) is 17.1. The van der Waals surface area contributed by atoms with Gasteiger partial charge in [0.05, 0.1) is 18.5 Å². The first-order chi connectivity index (χ1) is 21.3. The summed E-state index contributed by atoms with van der Waals surface area (Å²) in [6, 6.07) is 15.8. The molecule has 0 saturated carbocycles. The van der Waals surface area contributed by atoms with E-state index < -0.39 is 39.8 Å². The second kappa shape index (κ2) is 14.8. The van der Waals surface area contributed by atoms with Crippen molar-refractivity contribution in [3.63, 3.8) is 0 Å². The Balaban J connectivity index is 1.96. The quantitative estimate of drug-likeness (QED) is 0.173. The van der Waals surface area contributed by atoms with Gasteiger partial charge in [0.15, 0.2) is 0 Å². The van der Waals surface area contributed by atoms with Gasteiger partial charge in [-0.3, -0.25) is 9.69 Å². The summed E-state index contributed by atoms with van der Waals surface area (Å²) in [6.45, 7) is 16.4. The topological polar surface area (TPSA) is 119 Å². The van der Waals surface area contributed by atoms with E-state index in [2.05, 4.69) is 37.9 Å². The van der Waals surface area contributed by atoms with Crippen LogP contribution in [-0.4, -0.2) is 47.5 Å². The number of benzene rings is 1. The molecule has 1 amide bonds. The molecule has 3 rings (SSSR count). The summed E-state index contributed by atoms with van der Waals surface area (Å²) < 4.78 is 45.1. The number of furan rings is 1. The van der Waals surface area contributed by atoms with Crippen molar-refractivity contribution in [2.24, 2.45) is 0 Å². The van der Waals surface area contributed by atoms with Crippen LogP contribution in [0.3, 0.4) is 0 Å². The van der Waals surface area contributed by atoms with Gasteiger partial charge < -0.3 is 13.9 Å². The van der Waals surface area contributed by atoms with Crippen LogP contribution in [0.2, 0.25) is 0 Å². The molecule has 0 aliphatic heterocycles. The van der Waals surface area contributed by atoms with E-state index in [-0.39, 0.29) is 29.4 Å². The van der Waals surface area contributed by atoms with E-state index in [9.17, 15) is 18.0 Å². The van der Waals surface area contributed by atoms with Gasteiger partial charge in [0, 0.05) is 6.54 Å². The maximum absolute atomic E-state index is 13.8. The first-order valence-electron chi connectivity index (χ1n) is 15.6. The summed E-state index contributed by atoms with van der Waals surface area (Å²) >= 11 is 0. The number of anilines is 1. The number of sulfonamides is 1. The summed E-state index contributed by atoms with van der Waals surface area (Å²) in [6.07, 6.45) is 3.82. The number of amides is 1. The number of esters is 1. The Labute approximate surface area is 274 Å². The second-order valence-corrected chi connectivity index (χ2v) is 15.9. The van der Waals surface area contributed by atoms with E-state index in [4.69, 9.17) is 13.9 Å². The molecule has 0 unspecified atom stereocenters. The van der Waals surface area contributed by atoms with Crippen LogP contribution in [0, 0.1) is 0 Å². The van der Waals surface area contributed by atoms with Crippen LogP contribution >= 0.6 is 0 Å². The van der Waals surface area contributed by atoms with Crippen LogP contribution in [0.15, 0.2) is 70.4 Å². The number of rotatable bonds is 13. The van der Waals surface area contributed by atoms with Crippen molar-refractivity contribution in [3.05, 3.63) is 77.7 Å². The van der Waals surface area contributed by atoms with Gasteiger partial charge in [-0.15, -0.1) is 0 Å². The first kappa shape index (κ1) is 36.8. The van der Waals surface area contributed by atoms with Crippen LogP contribution in [-0.2, 0) is 42.8 Å². The summed E-state index contributed by atoms with van der Waals surface area (Å²) in [5.74, 6) is -0.527. The van der Waals surface area contributed by atoms with Gasteiger partial charge >= 0.3 is 12.1 Å². The van der Waals surface area contributed by atoms with E-state index in [1.807, 2.05) is 12.1 Å². The Kier molecular flexibility index (Phi) is 11.8. The predicted molar refractivity (Wildman–Crippen MR) is 178 cm³/mol. The smallest absolute Gasteiger partial charge is 0.416 e. The summed E-state index contributed by atoms with van der Waals surface area (Å²) in [4.78, 5) is 31.7. The predicted octanol–water partition coefficient (Wildman–Crippen LogP) is 7.62. The zero-order valence-electron chi connectivity index (χ0n) is 28.6. The third kappa shape index (κ3) is 10.7. The number of aromatic nitrogens is 1. The molecular weight excluding hydrogens is 606 g/mol. The number of pyridine rings is 1. The number of carbonyl (C=O) groups is 2. The van der Waals surface area contributed by atoms with Crippen molar-refractivity contribution >= 4 is 27.9 Å². The number of ether oxygens (including phenoxy) is 2. The lowest BCUT2D eigenvalue weighted by Gasteiger charge is -2.28. The van der Waals surface area contributed by atoms with Crippen LogP contribution in [0.25, 0.3) is 0 Å². The maximum atomic E-state index is 13.8. The van der Waals surface area contributed by atoms with Crippen LogP contribution in [0.4, 0.5) is 10.6 Å². The fourth-order valence-corrected chi connectivity index (χ4v) is 6.04. The zero-order valence-corrected chi connectivity index (χ0v) is 29.4. The molecule has 0 aliphatic rings. The minimum atomic E-state index is -4.07. The zero-order chi connectivity index (χ0) is 34.3. The maximum Gasteiger partial charge on any atom is 0.416 e. The molecule has 0 aliphatic carbocycles. The monoisotopic (exact) mass is 655 g/mol. The number of hydrogen-bond acceptors (Lipinski definition) is 8. The third-order valence-electron chi connectivity index (χ3n) is 7.07. The van der Waals surface area contributed by atoms with Gasteiger partial charge in [0.1, 0.15) is 23.6 Å². The molecule has 0 atom stereocenters. The number of carbonyl (C=O) groups excluding carboxylic acids is 2. The third-order valence-corrected chi connectivity index (χ3v) is 8.75. The molecule has 0 fully saturated rings. The molecular formula is C35H49N3O7S. The van der Waals surface area contributed by atoms with Crippen molar-refractivity contribution in [2.45, 2.75) is 116 Å².